The minimum Gasteiger partial charge on any atom is -0.466 e. The molecule has 0 bridgehead atoms. The first kappa shape index (κ1) is 21.0. The van der Waals surface area contributed by atoms with Gasteiger partial charge in [0, 0.05) is 26.2 Å². The summed E-state index contributed by atoms with van der Waals surface area (Å²) in [5.41, 5.74) is 0. The molecule has 2 saturated heterocycles. The monoisotopic (exact) mass is 430 g/mol. The van der Waals surface area contributed by atoms with Gasteiger partial charge in [-0.25, -0.2) is 8.42 Å². The Labute approximate surface area is 169 Å². The molecule has 1 amide bonds. The van der Waals surface area contributed by atoms with E-state index in [9.17, 15) is 18.0 Å². The van der Waals surface area contributed by atoms with Crippen molar-refractivity contribution in [2.24, 2.45) is 11.8 Å². The molecule has 0 saturated carbocycles. The van der Waals surface area contributed by atoms with E-state index in [0.29, 0.717) is 26.3 Å². The summed E-state index contributed by atoms with van der Waals surface area (Å²) in [6.45, 7) is 3.30. The van der Waals surface area contributed by atoms with E-state index in [0.717, 1.165) is 4.31 Å². The smallest absolute Gasteiger partial charge is 0.311 e. The average molecular weight is 431 g/mol. The summed E-state index contributed by atoms with van der Waals surface area (Å²) in [6.07, 6.45) is 0. The number of esters is 1. The molecule has 0 aliphatic carbocycles. The number of amides is 1. The van der Waals surface area contributed by atoms with Crippen molar-refractivity contribution in [1.29, 1.82) is 0 Å². The van der Waals surface area contributed by atoms with Crippen LogP contribution in [-0.2, 0) is 29.1 Å². The van der Waals surface area contributed by atoms with E-state index >= 15 is 0 Å². The van der Waals surface area contributed by atoms with E-state index in [4.69, 9.17) is 21.1 Å². The molecule has 1 aromatic rings. The van der Waals surface area contributed by atoms with Crippen molar-refractivity contribution in [3.05, 3.63) is 29.3 Å². The van der Waals surface area contributed by atoms with E-state index in [1.54, 1.807) is 24.0 Å². The van der Waals surface area contributed by atoms with Crippen LogP contribution in [0.15, 0.2) is 29.2 Å². The molecule has 2 heterocycles. The summed E-state index contributed by atoms with van der Waals surface area (Å²) in [4.78, 5) is 27.0. The molecule has 0 unspecified atom stereocenters. The molecule has 3 rings (SSSR count). The minimum atomic E-state index is -3.95. The highest BCUT2D eigenvalue weighted by Crippen LogP contribution is 2.33. The van der Waals surface area contributed by atoms with Crippen molar-refractivity contribution in [2.75, 3.05) is 46.0 Å². The van der Waals surface area contributed by atoms with Gasteiger partial charge in [-0.2, -0.15) is 4.31 Å². The zero-order valence-corrected chi connectivity index (χ0v) is 17.1. The van der Waals surface area contributed by atoms with Crippen molar-refractivity contribution in [3.8, 4) is 0 Å². The highest BCUT2D eigenvalue weighted by atomic mass is 35.5. The average Bonchev–Trinajstić information content (AvgIpc) is 3.15. The topological polar surface area (TPSA) is 93.2 Å². The standard InChI is InChI=1S/C18H23ClN2O6S/c1-2-27-18(23)14-12-21(28(24,25)16-6-4-3-5-15(16)19)11-13(14)17(22)20-7-9-26-10-8-20/h3-6,13-14H,2,7-12H2,1H3/t13-,14-/m1/s1. The lowest BCUT2D eigenvalue weighted by Crippen LogP contribution is -2.46. The van der Waals surface area contributed by atoms with Crippen molar-refractivity contribution in [1.82, 2.24) is 9.21 Å². The van der Waals surface area contributed by atoms with Crippen LogP contribution in [0.4, 0.5) is 0 Å². The highest BCUT2D eigenvalue weighted by molar-refractivity contribution is 7.89. The lowest BCUT2D eigenvalue weighted by atomic mass is 9.94. The lowest BCUT2D eigenvalue weighted by Gasteiger charge is -2.30. The largest absolute Gasteiger partial charge is 0.466 e. The van der Waals surface area contributed by atoms with Gasteiger partial charge < -0.3 is 14.4 Å². The molecule has 2 fully saturated rings. The van der Waals surface area contributed by atoms with Crippen molar-refractivity contribution in [3.63, 3.8) is 0 Å². The Balaban J connectivity index is 1.88. The summed E-state index contributed by atoms with van der Waals surface area (Å²) in [6, 6.07) is 6.11. The van der Waals surface area contributed by atoms with Crippen molar-refractivity contribution >= 4 is 33.5 Å². The highest BCUT2D eigenvalue weighted by Gasteiger charge is 2.48. The molecule has 2 aliphatic rings. The lowest BCUT2D eigenvalue weighted by molar-refractivity contribution is -0.154. The van der Waals surface area contributed by atoms with Gasteiger partial charge in [-0.1, -0.05) is 23.7 Å². The normalized spacial score (nSPS) is 23.6. The van der Waals surface area contributed by atoms with Gasteiger partial charge in [-0.3, -0.25) is 9.59 Å². The Morgan fingerprint density at radius 1 is 1.18 bits per heavy atom. The van der Waals surface area contributed by atoms with Gasteiger partial charge in [0.1, 0.15) is 4.90 Å². The number of sulfonamides is 1. The van der Waals surface area contributed by atoms with E-state index < -0.39 is 27.8 Å². The Morgan fingerprint density at radius 3 is 2.46 bits per heavy atom. The second-order valence-corrected chi connectivity index (χ2v) is 8.97. The van der Waals surface area contributed by atoms with E-state index in [-0.39, 0.29) is 35.5 Å². The molecule has 1 aromatic carbocycles. The molecular weight excluding hydrogens is 408 g/mol. The first-order valence-electron chi connectivity index (χ1n) is 9.14. The molecule has 2 atom stereocenters. The van der Waals surface area contributed by atoms with Crippen LogP contribution in [0.25, 0.3) is 0 Å². The van der Waals surface area contributed by atoms with E-state index in [2.05, 4.69) is 0 Å². The number of ether oxygens (including phenoxy) is 2. The Morgan fingerprint density at radius 2 is 1.82 bits per heavy atom. The van der Waals surface area contributed by atoms with Gasteiger partial charge in [0.25, 0.3) is 0 Å². The summed E-state index contributed by atoms with van der Waals surface area (Å²) in [5, 5.41) is 0.0955. The third-order valence-electron chi connectivity index (χ3n) is 4.97. The Bertz CT molecular complexity index is 840. The molecule has 0 aromatic heterocycles. The Hall–Kier alpha value is -1.68. The van der Waals surface area contributed by atoms with E-state index in [1.165, 1.54) is 12.1 Å². The van der Waals surface area contributed by atoms with Crippen molar-refractivity contribution < 1.29 is 27.5 Å². The second-order valence-electron chi connectivity index (χ2n) is 6.66. The number of rotatable bonds is 5. The zero-order chi connectivity index (χ0) is 20.3. The van der Waals surface area contributed by atoms with Crippen molar-refractivity contribution in [2.45, 2.75) is 11.8 Å². The molecule has 0 N–H and O–H groups in total. The van der Waals surface area contributed by atoms with Gasteiger partial charge in [-0.05, 0) is 19.1 Å². The van der Waals surface area contributed by atoms with Crippen LogP contribution < -0.4 is 0 Å². The van der Waals surface area contributed by atoms with Gasteiger partial charge in [-0.15, -0.1) is 0 Å². The van der Waals surface area contributed by atoms with Crippen LogP contribution in [-0.4, -0.2) is 75.5 Å². The van der Waals surface area contributed by atoms with Crippen LogP contribution in [0.3, 0.4) is 0 Å². The van der Waals surface area contributed by atoms with Gasteiger partial charge in [0.15, 0.2) is 0 Å². The molecule has 28 heavy (non-hydrogen) atoms. The predicted octanol–water partition coefficient (Wildman–Crippen LogP) is 0.999. The number of halogens is 1. The van der Waals surface area contributed by atoms with Crippen LogP contribution in [0.1, 0.15) is 6.92 Å². The first-order chi connectivity index (χ1) is 13.4. The minimum absolute atomic E-state index is 0.0428. The molecule has 2 aliphatic heterocycles. The maximum absolute atomic E-state index is 13.1. The third-order valence-corrected chi connectivity index (χ3v) is 7.30. The van der Waals surface area contributed by atoms with Gasteiger partial charge >= 0.3 is 5.97 Å². The summed E-state index contributed by atoms with van der Waals surface area (Å²) < 4.78 is 37.7. The molecule has 10 heteroatoms. The fraction of sp³-hybridized carbons (Fsp3) is 0.556. The van der Waals surface area contributed by atoms with Crippen LogP contribution >= 0.6 is 11.6 Å². The van der Waals surface area contributed by atoms with Gasteiger partial charge in [0.2, 0.25) is 15.9 Å². The quantitative estimate of drug-likeness (QED) is 0.647. The zero-order valence-electron chi connectivity index (χ0n) is 15.5. The first-order valence-corrected chi connectivity index (χ1v) is 11.0. The molecule has 8 nitrogen and oxygen atoms in total. The van der Waals surface area contributed by atoms with E-state index in [1.807, 2.05) is 0 Å². The number of carbonyl (C=O) groups excluding carboxylic acids is 2. The fourth-order valence-corrected chi connectivity index (χ4v) is 5.50. The van der Waals surface area contributed by atoms with Crippen LogP contribution in [0, 0.1) is 11.8 Å². The summed E-state index contributed by atoms with van der Waals surface area (Å²) in [7, 11) is -3.95. The molecule has 0 radical (unpaired) electrons. The summed E-state index contributed by atoms with van der Waals surface area (Å²) in [5.74, 6) is -2.47. The third kappa shape index (κ3) is 4.17. The fourth-order valence-electron chi connectivity index (χ4n) is 3.51. The molecule has 0 spiro atoms. The maximum atomic E-state index is 13.1. The van der Waals surface area contributed by atoms with Gasteiger partial charge in [0.05, 0.1) is 36.7 Å². The number of morpholine rings is 1. The second kappa shape index (κ2) is 8.77. The number of carbonyl (C=O) groups is 2. The number of hydrogen-bond donors (Lipinski definition) is 0. The SMILES string of the molecule is CCOC(=O)[C@@H]1CN(S(=O)(=O)c2ccccc2Cl)C[C@H]1C(=O)N1CCOCC1. The van der Waals surface area contributed by atoms with Crippen LogP contribution in [0.2, 0.25) is 5.02 Å². The summed E-state index contributed by atoms with van der Waals surface area (Å²) >= 11 is 6.07. The van der Waals surface area contributed by atoms with Crippen LogP contribution in [0.5, 0.6) is 0 Å². The predicted molar refractivity (Wildman–Crippen MR) is 101 cm³/mol. The Kier molecular flexibility index (Phi) is 6.59. The molecule has 154 valence electrons. The number of benzene rings is 1. The number of nitrogens with zero attached hydrogens (tertiary/aromatic N) is 2. The number of hydrogen-bond acceptors (Lipinski definition) is 6. The maximum Gasteiger partial charge on any atom is 0.311 e. The molecular formula is C18H23ClN2O6S.